The van der Waals surface area contributed by atoms with E-state index in [1.54, 1.807) is 18.3 Å². The van der Waals surface area contributed by atoms with Crippen LogP contribution in [-0.2, 0) is 13.0 Å². The average Bonchev–Trinajstić information content (AvgIpc) is 3.02. The molecule has 0 amide bonds. The highest BCUT2D eigenvalue weighted by Gasteiger charge is 2.24. The molecular weight excluding hydrogens is 244 g/mol. The number of aromatic hydroxyl groups is 1. The molecule has 0 radical (unpaired) electrons. The monoisotopic (exact) mass is 260 g/mol. The van der Waals surface area contributed by atoms with Crippen molar-refractivity contribution in [2.24, 2.45) is 0 Å². The molecule has 19 heavy (non-hydrogen) atoms. The van der Waals surface area contributed by atoms with Crippen LogP contribution in [0.2, 0.25) is 0 Å². The van der Waals surface area contributed by atoms with Crippen molar-refractivity contribution in [1.82, 2.24) is 10.3 Å². The first kappa shape index (κ1) is 12.0. The van der Waals surface area contributed by atoms with E-state index >= 15 is 0 Å². The molecule has 1 aliphatic heterocycles. The highest BCUT2D eigenvalue weighted by molar-refractivity contribution is 5.44. The SMILES string of the molecule is CCc1cnc(CNC2COc3cc(O)ccc32)o1. The molecule has 0 saturated carbocycles. The Hall–Kier alpha value is -2.01. The zero-order chi connectivity index (χ0) is 13.2. The van der Waals surface area contributed by atoms with Crippen molar-refractivity contribution in [1.29, 1.82) is 0 Å². The summed E-state index contributed by atoms with van der Waals surface area (Å²) in [5, 5.41) is 12.7. The molecule has 5 nitrogen and oxygen atoms in total. The Kier molecular flexibility index (Phi) is 3.13. The van der Waals surface area contributed by atoms with E-state index in [-0.39, 0.29) is 11.8 Å². The zero-order valence-electron chi connectivity index (χ0n) is 10.7. The smallest absolute Gasteiger partial charge is 0.208 e. The molecule has 1 atom stereocenters. The maximum Gasteiger partial charge on any atom is 0.208 e. The van der Waals surface area contributed by atoms with Gasteiger partial charge in [0, 0.05) is 18.1 Å². The molecule has 5 heteroatoms. The lowest BCUT2D eigenvalue weighted by Gasteiger charge is -2.09. The normalized spacial score (nSPS) is 17.2. The Morgan fingerprint density at radius 1 is 1.47 bits per heavy atom. The molecule has 1 unspecified atom stereocenters. The van der Waals surface area contributed by atoms with Gasteiger partial charge in [-0.3, -0.25) is 5.32 Å². The molecule has 0 fully saturated rings. The van der Waals surface area contributed by atoms with Crippen LogP contribution in [-0.4, -0.2) is 16.7 Å². The fourth-order valence-corrected chi connectivity index (χ4v) is 2.17. The number of ether oxygens (including phenoxy) is 1. The maximum atomic E-state index is 9.40. The predicted octanol–water partition coefficient (Wildman–Crippen LogP) is 2.17. The molecule has 1 aromatic carbocycles. The summed E-state index contributed by atoms with van der Waals surface area (Å²) in [5.74, 6) is 2.53. The lowest BCUT2D eigenvalue weighted by Crippen LogP contribution is -2.22. The lowest BCUT2D eigenvalue weighted by atomic mass is 10.1. The van der Waals surface area contributed by atoms with Crippen LogP contribution in [0.3, 0.4) is 0 Å². The van der Waals surface area contributed by atoms with Gasteiger partial charge in [-0.05, 0) is 12.1 Å². The molecule has 1 aliphatic rings. The molecule has 3 rings (SSSR count). The number of hydrogen-bond donors (Lipinski definition) is 2. The summed E-state index contributed by atoms with van der Waals surface area (Å²) >= 11 is 0. The van der Waals surface area contributed by atoms with E-state index in [9.17, 15) is 5.11 Å². The van der Waals surface area contributed by atoms with Crippen LogP contribution in [0.4, 0.5) is 0 Å². The summed E-state index contributed by atoms with van der Waals surface area (Å²) in [6.07, 6.45) is 2.61. The van der Waals surface area contributed by atoms with Crippen LogP contribution in [0.25, 0.3) is 0 Å². The molecule has 2 N–H and O–H groups in total. The topological polar surface area (TPSA) is 67.5 Å². The van der Waals surface area contributed by atoms with Gasteiger partial charge >= 0.3 is 0 Å². The number of rotatable bonds is 4. The van der Waals surface area contributed by atoms with E-state index in [2.05, 4.69) is 10.3 Å². The number of benzene rings is 1. The fraction of sp³-hybridized carbons (Fsp3) is 0.357. The van der Waals surface area contributed by atoms with Gasteiger partial charge in [-0.1, -0.05) is 6.92 Å². The van der Waals surface area contributed by atoms with Gasteiger partial charge in [-0.25, -0.2) is 4.98 Å². The highest BCUT2D eigenvalue weighted by Crippen LogP contribution is 2.34. The van der Waals surface area contributed by atoms with Gasteiger partial charge in [0.05, 0.1) is 18.8 Å². The average molecular weight is 260 g/mol. The largest absolute Gasteiger partial charge is 0.508 e. The van der Waals surface area contributed by atoms with Crippen molar-refractivity contribution in [3.05, 3.63) is 41.6 Å². The Bertz CT molecular complexity index is 580. The molecule has 0 saturated heterocycles. The van der Waals surface area contributed by atoms with Crippen molar-refractivity contribution < 1.29 is 14.3 Å². The summed E-state index contributed by atoms with van der Waals surface area (Å²) in [7, 11) is 0. The number of oxazole rings is 1. The number of nitrogens with zero attached hydrogens (tertiary/aromatic N) is 1. The number of phenols is 1. The van der Waals surface area contributed by atoms with Crippen molar-refractivity contribution in [2.45, 2.75) is 25.9 Å². The van der Waals surface area contributed by atoms with E-state index in [1.807, 2.05) is 13.0 Å². The summed E-state index contributed by atoms with van der Waals surface area (Å²) in [6.45, 7) is 3.15. The molecule has 0 aliphatic carbocycles. The van der Waals surface area contributed by atoms with Crippen LogP contribution in [0.15, 0.2) is 28.8 Å². The first-order valence-electron chi connectivity index (χ1n) is 6.39. The molecule has 1 aromatic heterocycles. The Labute approximate surface area is 111 Å². The summed E-state index contributed by atoms with van der Waals surface area (Å²) < 4.78 is 11.1. The third kappa shape index (κ3) is 2.42. The van der Waals surface area contributed by atoms with Crippen LogP contribution in [0.1, 0.15) is 30.2 Å². The van der Waals surface area contributed by atoms with Crippen molar-refractivity contribution in [3.8, 4) is 11.5 Å². The molecule has 0 spiro atoms. The van der Waals surface area contributed by atoms with Crippen molar-refractivity contribution >= 4 is 0 Å². The number of fused-ring (bicyclic) bond motifs is 1. The summed E-state index contributed by atoms with van der Waals surface area (Å²) in [5.41, 5.74) is 1.06. The summed E-state index contributed by atoms with van der Waals surface area (Å²) in [6, 6.07) is 5.29. The quantitative estimate of drug-likeness (QED) is 0.881. The van der Waals surface area contributed by atoms with Crippen LogP contribution in [0, 0.1) is 0 Å². The van der Waals surface area contributed by atoms with Gasteiger partial charge in [0.2, 0.25) is 5.89 Å². The van der Waals surface area contributed by atoms with Gasteiger partial charge in [-0.15, -0.1) is 0 Å². The minimum atomic E-state index is 0.104. The van der Waals surface area contributed by atoms with Crippen LogP contribution in [0.5, 0.6) is 11.5 Å². The zero-order valence-corrected chi connectivity index (χ0v) is 10.7. The van der Waals surface area contributed by atoms with E-state index in [0.717, 1.165) is 23.5 Å². The van der Waals surface area contributed by atoms with Gasteiger partial charge in [0.15, 0.2) is 0 Å². The van der Waals surface area contributed by atoms with E-state index in [4.69, 9.17) is 9.15 Å². The minimum Gasteiger partial charge on any atom is -0.508 e. The fourth-order valence-electron chi connectivity index (χ4n) is 2.17. The predicted molar refractivity (Wildman–Crippen MR) is 69.1 cm³/mol. The number of nitrogens with one attached hydrogen (secondary N) is 1. The molecule has 2 aromatic rings. The number of hydrogen-bond acceptors (Lipinski definition) is 5. The second-order valence-electron chi connectivity index (χ2n) is 4.54. The van der Waals surface area contributed by atoms with Crippen molar-refractivity contribution in [2.75, 3.05) is 6.61 Å². The van der Waals surface area contributed by atoms with E-state index in [0.29, 0.717) is 19.0 Å². The lowest BCUT2D eigenvalue weighted by molar-refractivity contribution is 0.303. The first-order valence-corrected chi connectivity index (χ1v) is 6.39. The van der Waals surface area contributed by atoms with E-state index in [1.165, 1.54) is 0 Å². The molecule has 0 bridgehead atoms. The molecular formula is C14H16N2O3. The minimum absolute atomic E-state index is 0.104. The van der Waals surface area contributed by atoms with Crippen molar-refractivity contribution in [3.63, 3.8) is 0 Å². The maximum absolute atomic E-state index is 9.40. The Morgan fingerprint density at radius 2 is 2.37 bits per heavy atom. The number of aryl methyl sites for hydroxylation is 1. The first-order chi connectivity index (χ1) is 9.26. The highest BCUT2D eigenvalue weighted by atomic mass is 16.5. The van der Waals surface area contributed by atoms with Crippen LogP contribution >= 0.6 is 0 Å². The molecule has 100 valence electrons. The second kappa shape index (κ2) is 4.93. The standard InChI is InChI=1S/C14H16N2O3/c1-2-10-6-16-14(19-10)7-15-12-8-18-13-5-9(17)3-4-11(12)13/h3-6,12,15,17H,2,7-8H2,1H3. The molecule has 2 heterocycles. The third-order valence-electron chi connectivity index (χ3n) is 3.23. The van der Waals surface area contributed by atoms with Gasteiger partial charge in [-0.2, -0.15) is 0 Å². The van der Waals surface area contributed by atoms with E-state index < -0.39 is 0 Å². The Balaban J connectivity index is 1.66. The van der Waals surface area contributed by atoms with Gasteiger partial charge in [0.25, 0.3) is 0 Å². The second-order valence-corrected chi connectivity index (χ2v) is 4.54. The number of aromatic nitrogens is 1. The summed E-state index contributed by atoms with van der Waals surface area (Å²) in [4.78, 5) is 4.21. The van der Waals surface area contributed by atoms with Gasteiger partial charge < -0.3 is 14.3 Å². The van der Waals surface area contributed by atoms with Gasteiger partial charge in [0.1, 0.15) is 23.9 Å². The third-order valence-corrected chi connectivity index (χ3v) is 3.23. The Morgan fingerprint density at radius 3 is 3.16 bits per heavy atom. The van der Waals surface area contributed by atoms with Crippen LogP contribution < -0.4 is 10.1 Å². The number of phenolic OH excluding ortho intramolecular Hbond substituents is 1.